The summed E-state index contributed by atoms with van der Waals surface area (Å²) in [5.41, 5.74) is 1.14. The summed E-state index contributed by atoms with van der Waals surface area (Å²) in [6.45, 7) is 0.0189. The van der Waals surface area contributed by atoms with E-state index in [4.69, 9.17) is 0 Å². The molecule has 0 aliphatic carbocycles. The van der Waals surface area contributed by atoms with E-state index >= 15 is 0 Å². The number of carbonyl (C=O) groups is 1. The minimum absolute atomic E-state index is 0.350. The van der Waals surface area contributed by atoms with Crippen molar-refractivity contribution in [3.63, 3.8) is 0 Å². The largest absolute Gasteiger partial charge is 0.354 e. The van der Waals surface area contributed by atoms with Gasteiger partial charge in [-0.2, -0.15) is 0 Å². The van der Waals surface area contributed by atoms with Gasteiger partial charge < -0.3 is 5.32 Å². The maximum atomic E-state index is 13.1. The fourth-order valence-corrected chi connectivity index (χ4v) is 2.85. The molecule has 0 radical (unpaired) electrons. The number of amides is 1. The molecule has 3 nitrogen and oxygen atoms in total. The van der Waals surface area contributed by atoms with E-state index in [1.54, 1.807) is 0 Å². The summed E-state index contributed by atoms with van der Waals surface area (Å²) in [6, 6.07) is 13.3. The number of fused-ring (bicyclic) bond motifs is 1. The van der Waals surface area contributed by atoms with Crippen LogP contribution in [-0.4, -0.2) is 31.0 Å². The molecule has 1 unspecified atom stereocenters. The van der Waals surface area contributed by atoms with Crippen LogP contribution >= 0.6 is 0 Å². The van der Waals surface area contributed by atoms with E-state index in [2.05, 4.69) is 10.6 Å². The van der Waals surface area contributed by atoms with Crippen molar-refractivity contribution in [1.29, 1.82) is 0 Å². The van der Waals surface area contributed by atoms with Gasteiger partial charge in [0, 0.05) is 13.0 Å². The molecule has 2 aromatic rings. The highest BCUT2D eigenvalue weighted by Gasteiger charge is 2.42. The van der Waals surface area contributed by atoms with E-state index in [0.717, 1.165) is 16.3 Å². The lowest BCUT2D eigenvalue weighted by Gasteiger charge is -2.12. The number of carbonyl (C=O) groups excluding carboxylic acids is 1. The highest BCUT2D eigenvalue weighted by molar-refractivity contribution is 5.86. The summed E-state index contributed by atoms with van der Waals surface area (Å²) in [7, 11) is 0. The summed E-state index contributed by atoms with van der Waals surface area (Å²) in [6.07, 6.45) is 0.253. The Balaban J connectivity index is 1.58. The summed E-state index contributed by atoms with van der Waals surface area (Å²) >= 11 is 0. The van der Waals surface area contributed by atoms with E-state index in [1.807, 2.05) is 42.5 Å². The first kappa shape index (κ1) is 14.9. The lowest BCUT2D eigenvalue weighted by atomic mass is 10.0. The van der Waals surface area contributed by atoms with Gasteiger partial charge in [-0.1, -0.05) is 42.5 Å². The normalized spacial score (nSPS) is 20.2. The smallest absolute Gasteiger partial charge is 0.262 e. The molecule has 0 saturated carbocycles. The van der Waals surface area contributed by atoms with E-state index in [9.17, 15) is 13.6 Å². The van der Waals surface area contributed by atoms with Crippen LogP contribution < -0.4 is 10.6 Å². The van der Waals surface area contributed by atoms with Crippen molar-refractivity contribution in [2.45, 2.75) is 24.8 Å². The fraction of sp³-hybridized carbons (Fsp3) is 0.353. The summed E-state index contributed by atoms with van der Waals surface area (Å²) in [5, 5.41) is 7.62. The third-order valence-corrected chi connectivity index (χ3v) is 4.00. The molecule has 2 N–H and O–H groups in total. The van der Waals surface area contributed by atoms with Gasteiger partial charge in [-0.25, -0.2) is 8.78 Å². The lowest BCUT2D eigenvalue weighted by molar-refractivity contribution is -0.123. The monoisotopic (exact) mass is 304 g/mol. The zero-order valence-corrected chi connectivity index (χ0v) is 12.1. The van der Waals surface area contributed by atoms with Gasteiger partial charge in [-0.05, 0) is 22.8 Å². The first-order valence-electron chi connectivity index (χ1n) is 7.41. The Kier molecular flexibility index (Phi) is 4.07. The highest BCUT2D eigenvalue weighted by Crippen LogP contribution is 2.25. The maximum absolute atomic E-state index is 13.1. The van der Waals surface area contributed by atoms with Gasteiger partial charge in [-0.15, -0.1) is 0 Å². The van der Waals surface area contributed by atoms with E-state index in [-0.39, 0.29) is 5.91 Å². The van der Waals surface area contributed by atoms with Crippen molar-refractivity contribution in [2.24, 2.45) is 0 Å². The van der Waals surface area contributed by atoms with Crippen LogP contribution in [-0.2, 0) is 11.2 Å². The molecule has 1 aliphatic heterocycles. The number of benzene rings is 2. The molecule has 1 saturated heterocycles. The van der Waals surface area contributed by atoms with Gasteiger partial charge in [0.25, 0.3) is 5.92 Å². The Morgan fingerprint density at radius 3 is 2.77 bits per heavy atom. The lowest BCUT2D eigenvalue weighted by Crippen LogP contribution is -2.41. The zero-order valence-electron chi connectivity index (χ0n) is 12.1. The number of hydrogen-bond donors (Lipinski definition) is 2. The predicted molar refractivity (Wildman–Crippen MR) is 82.0 cm³/mol. The first-order valence-corrected chi connectivity index (χ1v) is 7.41. The summed E-state index contributed by atoms with van der Waals surface area (Å²) in [5.74, 6) is -3.13. The second kappa shape index (κ2) is 6.01. The minimum Gasteiger partial charge on any atom is -0.354 e. The third kappa shape index (κ3) is 3.25. The Labute approximate surface area is 127 Å². The van der Waals surface area contributed by atoms with Gasteiger partial charge in [-0.3, -0.25) is 10.1 Å². The van der Waals surface area contributed by atoms with Crippen LogP contribution in [0.4, 0.5) is 8.78 Å². The SMILES string of the molecule is O=C(NCCc1cccc2ccccc12)C1CC(F)(F)CN1. The van der Waals surface area contributed by atoms with Crippen molar-refractivity contribution in [1.82, 2.24) is 10.6 Å². The molecule has 0 bridgehead atoms. The van der Waals surface area contributed by atoms with Crippen LogP contribution in [0, 0.1) is 0 Å². The Bertz CT molecular complexity index is 682. The second-order valence-corrected chi connectivity index (χ2v) is 5.67. The molecule has 5 heteroatoms. The molecular formula is C17H18F2N2O. The molecule has 1 heterocycles. The number of hydrogen-bond acceptors (Lipinski definition) is 2. The number of nitrogens with one attached hydrogen (secondary N) is 2. The molecule has 2 aromatic carbocycles. The molecule has 3 rings (SSSR count). The number of halogens is 2. The Morgan fingerprint density at radius 2 is 2.00 bits per heavy atom. The van der Waals surface area contributed by atoms with Crippen LogP contribution in [0.25, 0.3) is 10.8 Å². The molecule has 1 fully saturated rings. The standard InChI is InChI=1S/C17H18F2N2O/c18-17(19)10-15(21-11-17)16(22)20-9-8-13-6-3-5-12-4-1-2-7-14(12)13/h1-7,15,21H,8-11H2,(H,20,22). The van der Waals surface area contributed by atoms with Crippen molar-refractivity contribution in [3.8, 4) is 0 Å². The van der Waals surface area contributed by atoms with E-state index in [0.29, 0.717) is 13.0 Å². The average Bonchev–Trinajstić information content (AvgIpc) is 2.88. The van der Waals surface area contributed by atoms with Gasteiger partial charge in [0.1, 0.15) is 0 Å². The van der Waals surface area contributed by atoms with Crippen LogP contribution in [0.1, 0.15) is 12.0 Å². The second-order valence-electron chi connectivity index (χ2n) is 5.67. The van der Waals surface area contributed by atoms with Crippen LogP contribution in [0.5, 0.6) is 0 Å². The zero-order chi connectivity index (χ0) is 15.6. The molecule has 22 heavy (non-hydrogen) atoms. The van der Waals surface area contributed by atoms with Gasteiger partial charge in [0.15, 0.2) is 0 Å². The molecule has 1 atom stereocenters. The minimum atomic E-state index is -2.78. The highest BCUT2D eigenvalue weighted by atomic mass is 19.3. The molecular weight excluding hydrogens is 286 g/mol. The van der Waals surface area contributed by atoms with Crippen molar-refractivity contribution >= 4 is 16.7 Å². The molecule has 0 spiro atoms. The molecule has 1 amide bonds. The molecule has 116 valence electrons. The Hall–Kier alpha value is -2.01. The van der Waals surface area contributed by atoms with E-state index < -0.39 is 24.9 Å². The maximum Gasteiger partial charge on any atom is 0.262 e. The van der Waals surface area contributed by atoms with Gasteiger partial charge in [0.05, 0.1) is 12.6 Å². The summed E-state index contributed by atoms with van der Waals surface area (Å²) < 4.78 is 26.1. The molecule has 0 aromatic heterocycles. The first-order chi connectivity index (χ1) is 10.6. The van der Waals surface area contributed by atoms with Crippen molar-refractivity contribution in [2.75, 3.05) is 13.1 Å². The Morgan fingerprint density at radius 1 is 1.23 bits per heavy atom. The quantitative estimate of drug-likeness (QED) is 0.911. The van der Waals surface area contributed by atoms with Crippen molar-refractivity contribution < 1.29 is 13.6 Å². The number of rotatable bonds is 4. The summed E-state index contributed by atoms with van der Waals surface area (Å²) in [4.78, 5) is 11.9. The number of alkyl halides is 2. The van der Waals surface area contributed by atoms with Gasteiger partial charge >= 0.3 is 0 Å². The third-order valence-electron chi connectivity index (χ3n) is 4.00. The van der Waals surface area contributed by atoms with Crippen LogP contribution in [0.3, 0.4) is 0 Å². The topological polar surface area (TPSA) is 41.1 Å². The van der Waals surface area contributed by atoms with Crippen LogP contribution in [0.15, 0.2) is 42.5 Å². The van der Waals surface area contributed by atoms with Crippen LogP contribution in [0.2, 0.25) is 0 Å². The predicted octanol–water partition coefficient (Wildman–Crippen LogP) is 2.50. The average molecular weight is 304 g/mol. The van der Waals surface area contributed by atoms with E-state index in [1.165, 1.54) is 0 Å². The van der Waals surface area contributed by atoms with Gasteiger partial charge in [0.2, 0.25) is 5.91 Å². The van der Waals surface area contributed by atoms with Crippen molar-refractivity contribution in [3.05, 3.63) is 48.0 Å². The molecule has 1 aliphatic rings. The fourth-order valence-electron chi connectivity index (χ4n) is 2.85.